The Morgan fingerprint density at radius 3 is 2.48 bits per heavy atom. The van der Waals surface area contributed by atoms with E-state index in [1.54, 1.807) is 20.0 Å². The number of sulfone groups is 1. The summed E-state index contributed by atoms with van der Waals surface area (Å²) in [6.45, 7) is 1.77. The predicted octanol–water partition coefficient (Wildman–Crippen LogP) is 2.00. The lowest BCUT2D eigenvalue weighted by molar-refractivity contribution is 0.0720. The van der Waals surface area contributed by atoms with Crippen molar-refractivity contribution in [1.29, 1.82) is 0 Å². The van der Waals surface area contributed by atoms with Gasteiger partial charge in [-0.25, -0.2) is 17.9 Å². The summed E-state index contributed by atoms with van der Waals surface area (Å²) < 4.78 is 29.4. The largest absolute Gasteiger partial charge is 0.404 e. The average Bonchev–Trinajstić information content (AvgIpc) is 2.66. The molecule has 0 bridgehead atoms. The van der Waals surface area contributed by atoms with Crippen molar-refractivity contribution in [3.8, 4) is 5.88 Å². The summed E-state index contributed by atoms with van der Waals surface area (Å²) in [6.07, 6.45) is 1.06. The van der Waals surface area contributed by atoms with Crippen LogP contribution in [0.2, 0.25) is 5.02 Å². The minimum Gasteiger partial charge on any atom is -0.404 e. The van der Waals surface area contributed by atoms with E-state index >= 15 is 0 Å². The molecule has 0 spiro atoms. The van der Waals surface area contributed by atoms with Crippen molar-refractivity contribution in [2.24, 2.45) is 7.05 Å². The van der Waals surface area contributed by atoms with E-state index in [0.717, 1.165) is 6.26 Å². The number of nitrogens with zero attached hydrogens (tertiary/aromatic N) is 2. The van der Waals surface area contributed by atoms with Gasteiger partial charge in [-0.1, -0.05) is 11.6 Å². The van der Waals surface area contributed by atoms with E-state index in [2.05, 4.69) is 5.10 Å². The zero-order valence-corrected chi connectivity index (χ0v) is 13.2. The molecule has 1 aromatic heterocycles. The van der Waals surface area contributed by atoms with Crippen LogP contribution in [-0.2, 0) is 16.9 Å². The van der Waals surface area contributed by atoms with E-state index in [1.807, 2.05) is 0 Å². The summed E-state index contributed by atoms with van der Waals surface area (Å²) in [7, 11) is -1.74. The molecule has 0 aliphatic carbocycles. The van der Waals surface area contributed by atoms with Crippen LogP contribution in [0.15, 0.2) is 29.2 Å². The van der Waals surface area contributed by atoms with Gasteiger partial charge in [-0.2, -0.15) is 5.10 Å². The first-order valence-corrected chi connectivity index (χ1v) is 8.18. The van der Waals surface area contributed by atoms with Crippen LogP contribution in [0.5, 0.6) is 5.88 Å². The molecular weight excluding hydrogens is 316 g/mol. The van der Waals surface area contributed by atoms with Gasteiger partial charge in [0.15, 0.2) is 9.84 Å². The maximum absolute atomic E-state index is 12.1. The van der Waals surface area contributed by atoms with Gasteiger partial charge < -0.3 is 4.74 Å². The quantitative estimate of drug-likeness (QED) is 0.805. The Morgan fingerprint density at radius 2 is 2.00 bits per heavy atom. The number of esters is 1. The van der Waals surface area contributed by atoms with E-state index in [1.165, 1.54) is 22.9 Å². The first-order valence-electron chi connectivity index (χ1n) is 5.91. The van der Waals surface area contributed by atoms with Gasteiger partial charge in [0.05, 0.1) is 21.2 Å². The Balaban J connectivity index is 2.30. The highest BCUT2D eigenvalue weighted by Crippen LogP contribution is 2.23. The van der Waals surface area contributed by atoms with Gasteiger partial charge in [0.1, 0.15) is 0 Å². The fraction of sp³-hybridized carbons (Fsp3) is 0.231. The van der Waals surface area contributed by atoms with E-state index < -0.39 is 15.8 Å². The SMILES string of the molecule is Cc1cc(OC(=O)c2ccc(S(C)(=O)=O)cc2Cl)n(C)n1. The topological polar surface area (TPSA) is 78.3 Å². The molecule has 1 aromatic carbocycles. The van der Waals surface area contributed by atoms with Crippen molar-refractivity contribution in [3.05, 3.63) is 40.5 Å². The number of hydrogen-bond acceptors (Lipinski definition) is 5. The van der Waals surface area contributed by atoms with Crippen LogP contribution < -0.4 is 4.74 Å². The molecule has 0 amide bonds. The molecular formula is C13H13ClN2O4S. The van der Waals surface area contributed by atoms with Crippen LogP contribution in [0.4, 0.5) is 0 Å². The molecule has 0 saturated heterocycles. The van der Waals surface area contributed by atoms with Gasteiger partial charge in [-0.05, 0) is 25.1 Å². The molecule has 2 aromatic rings. The van der Waals surface area contributed by atoms with Gasteiger partial charge >= 0.3 is 5.97 Å². The first-order chi connectivity index (χ1) is 9.68. The number of halogens is 1. The maximum Gasteiger partial charge on any atom is 0.346 e. The molecule has 0 aliphatic rings. The smallest absolute Gasteiger partial charge is 0.346 e. The highest BCUT2D eigenvalue weighted by molar-refractivity contribution is 7.90. The lowest BCUT2D eigenvalue weighted by Gasteiger charge is -2.07. The van der Waals surface area contributed by atoms with E-state index in [4.69, 9.17) is 16.3 Å². The molecule has 0 fully saturated rings. The predicted molar refractivity (Wildman–Crippen MR) is 77.5 cm³/mol. The van der Waals surface area contributed by atoms with Gasteiger partial charge in [-0.15, -0.1) is 0 Å². The maximum atomic E-state index is 12.1. The minimum absolute atomic E-state index is 0.0156. The molecule has 0 saturated carbocycles. The fourth-order valence-corrected chi connectivity index (χ4v) is 2.69. The molecule has 0 radical (unpaired) electrons. The highest BCUT2D eigenvalue weighted by atomic mass is 35.5. The number of ether oxygens (including phenoxy) is 1. The van der Waals surface area contributed by atoms with Crippen molar-refractivity contribution < 1.29 is 17.9 Å². The normalized spacial score (nSPS) is 11.4. The van der Waals surface area contributed by atoms with Crippen molar-refractivity contribution in [3.63, 3.8) is 0 Å². The van der Waals surface area contributed by atoms with Crippen LogP contribution in [0.1, 0.15) is 16.1 Å². The summed E-state index contributed by atoms with van der Waals surface area (Å²) in [5, 5.41) is 4.07. The van der Waals surface area contributed by atoms with E-state index in [9.17, 15) is 13.2 Å². The Kier molecular flexibility index (Phi) is 4.06. The molecule has 112 valence electrons. The third-order valence-electron chi connectivity index (χ3n) is 2.74. The monoisotopic (exact) mass is 328 g/mol. The van der Waals surface area contributed by atoms with Crippen molar-refractivity contribution in [2.45, 2.75) is 11.8 Å². The lowest BCUT2D eigenvalue weighted by atomic mass is 10.2. The zero-order chi connectivity index (χ0) is 15.8. The molecule has 0 N–H and O–H groups in total. The minimum atomic E-state index is -3.38. The van der Waals surface area contributed by atoms with Gasteiger partial charge in [0.2, 0.25) is 5.88 Å². The fourth-order valence-electron chi connectivity index (χ4n) is 1.72. The lowest BCUT2D eigenvalue weighted by Crippen LogP contribution is -2.12. The zero-order valence-electron chi connectivity index (χ0n) is 11.6. The van der Waals surface area contributed by atoms with Crippen LogP contribution in [-0.4, -0.2) is 30.4 Å². The summed E-state index contributed by atoms with van der Waals surface area (Å²) in [6, 6.07) is 5.47. The average molecular weight is 329 g/mol. The molecule has 8 heteroatoms. The number of carbonyl (C=O) groups is 1. The van der Waals surface area contributed by atoms with Crippen molar-refractivity contribution in [2.75, 3.05) is 6.26 Å². The molecule has 0 aliphatic heterocycles. The Hall–Kier alpha value is -1.86. The summed E-state index contributed by atoms with van der Waals surface area (Å²) in [5.41, 5.74) is 0.793. The number of rotatable bonds is 3. The number of hydrogen-bond donors (Lipinski definition) is 0. The molecule has 0 atom stereocenters. The molecule has 2 rings (SSSR count). The first kappa shape index (κ1) is 15.5. The Morgan fingerprint density at radius 1 is 1.33 bits per heavy atom. The highest BCUT2D eigenvalue weighted by Gasteiger charge is 2.17. The molecule has 21 heavy (non-hydrogen) atoms. The van der Waals surface area contributed by atoms with Crippen LogP contribution >= 0.6 is 11.6 Å². The second kappa shape index (κ2) is 5.50. The standard InChI is InChI=1S/C13H13ClN2O4S/c1-8-6-12(16(2)15-8)20-13(17)10-5-4-9(7-11(10)14)21(3,18)19/h4-7H,1-3H3. The van der Waals surface area contributed by atoms with Crippen molar-refractivity contribution >= 4 is 27.4 Å². The second-order valence-electron chi connectivity index (χ2n) is 4.55. The molecule has 1 heterocycles. The van der Waals surface area contributed by atoms with Crippen LogP contribution in [0.25, 0.3) is 0 Å². The Bertz CT molecular complexity index is 812. The third kappa shape index (κ3) is 3.43. The van der Waals surface area contributed by atoms with Gasteiger partial charge in [0, 0.05) is 19.4 Å². The second-order valence-corrected chi connectivity index (χ2v) is 6.97. The van der Waals surface area contributed by atoms with Gasteiger partial charge in [-0.3, -0.25) is 0 Å². The number of carbonyl (C=O) groups excluding carboxylic acids is 1. The summed E-state index contributed by atoms with van der Waals surface area (Å²) in [5.74, 6) is -0.399. The number of benzene rings is 1. The number of aromatic nitrogens is 2. The van der Waals surface area contributed by atoms with Gasteiger partial charge in [0.25, 0.3) is 0 Å². The van der Waals surface area contributed by atoms with E-state index in [0.29, 0.717) is 5.69 Å². The molecule has 6 nitrogen and oxygen atoms in total. The third-order valence-corrected chi connectivity index (χ3v) is 4.17. The Labute approximate surface area is 127 Å². The molecule has 0 unspecified atom stereocenters. The van der Waals surface area contributed by atoms with E-state index in [-0.39, 0.29) is 21.4 Å². The summed E-state index contributed by atoms with van der Waals surface area (Å²) in [4.78, 5) is 12.1. The van der Waals surface area contributed by atoms with Crippen LogP contribution in [0, 0.1) is 6.92 Å². The summed E-state index contributed by atoms with van der Waals surface area (Å²) >= 11 is 5.95. The number of aryl methyl sites for hydroxylation is 2. The van der Waals surface area contributed by atoms with Crippen molar-refractivity contribution in [1.82, 2.24) is 9.78 Å². The van der Waals surface area contributed by atoms with Crippen LogP contribution in [0.3, 0.4) is 0 Å².